The number of ketones is 1. The standard InChI is InChI=1S/C10H11NO2/c1-8(12)10(13-2)7-9-3-5-11-6-4-9/h3-7H,1-2H3. The topological polar surface area (TPSA) is 39.2 Å². The molecule has 1 aromatic heterocycles. The number of nitrogens with zero attached hydrogens (tertiary/aromatic N) is 1. The van der Waals surface area contributed by atoms with E-state index in [-0.39, 0.29) is 5.78 Å². The molecule has 0 aliphatic rings. The summed E-state index contributed by atoms with van der Waals surface area (Å²) in [5.74, 6) is 0.269. The second-order valence-electron chi connectivity index (χ2n) is 2.55. The van der Waals surface area contributed by atoms with Gasteiger partial charge in [-0.2, -0.15) is 0 Å². The lowest BCUT2D eigenvalue weighted by molar-refractivity contribution is -0.116. The maximum Gasteiger partial charge on any atom is 0.194 e. The van der Waals surface area contributed by atoms with Gasteiger partial charge in [0.25, 0.3) is 0 Å². The summed E-state index contributed by atoms with van der Waals surface area (Å²) < 4.78 is 4.91. The zero-order chi connectivity index (χ0) is 9.68. The van der Waals surface area contributed by atoms with E-state index < -0.39 is 0 Å². The van der Waals surface area contributed by atoms with Crippen LogP contribution in [-0.2, 0) is 9.53 Å². The first-order valence-electron chi connectivity index (χ1n) is 3.90. The summed E-state index contributed by atoms with van der Waals surface area (Å²) in [4.78, 5) is 14.8. The van der Waals surface area contributed by atoms with Crippen molar-refractivity contribution in [1.82, 2.24) is 4.98 Å². The molecule has 0 saturated carbocycles. The first-order chi connectivity index (χ1) is 6.24. The van der Waals surface area contributed by atoms with Gasteiger partial charge in [0, 0.05) is 19.3 Å². The zero-order valence-corrected chi connectivity index (χ0v) is 7.65. The van der Waals surface area contributed by atoms with Crippen molar-refractivity contribution in [1.29, 1.82) is 0 Å². The fourth-order valence-corrected chi connectivity index (χ4v) is 0.915. The largest absolute Gasteiger partial charge is 0.493 e. The lowest BCUT2D eigenvalue weighted by atomic mass is 10.2. The molecule has 0 saturated heterocycles. The van der Waals surface area contributed by atoms with Crippen molar-refractivity contribution in [3.8, 4) is 0 Å². The van der Waals surface area contributed by atoms with Crippen LogP contribution in [0.4, 0.5) is 0 Å². The summed E-state index contributed by atoms with van der Waals surface area (Å²) in [6.07, 6.45) is 5.02. The number of methoxy groups -OCH3 is 1. The second-order valence-corrected chi connectivity index (χ2v) is 2.55. The number of allylic oxidation sites excluding steroid dienone is 1. The van der Waals surface area contributed by atoms with E-state index in [0.717, 1.165) is 5.56 Å². The predicted octanol–water partition coefficient (Wildman–Crippen LogP) is 1.66. The minimum Gasteiger partial charge on any atom is -0.493 e. The van der Waals surface area contributed by atoms with Gasteiger partial charge in [0.1, 0.15) is 0 Å². The van der Waals surface area contributed by atoms with Crippen LogP contribution in [0.5, 0.6) is 0 Å². The van der Waals surface area contributed by atoms with Gasteiger partial charge in [-0.1, -0.05) is 0 Å². The average molecular weight is 177 g/mol. The Morgan fingerprint density at radius 1 is 1.46 bits per heavy atom. The SMILES string of the molecule is COC(=Cc1ccncc1)C(C)=O. The van der Waals surface area contributed by atoms with Crippen molar-refractivity contribution >= 4 is 11.9 Å². The summed E-state index contributed by atoms with van der Waals surface area (Å²) in [6, 6.07) is 3.62. The van der Waals surface area contributed by atoms with E-state index >= 15 is 0 Å². The van der Waals surface area contributed by atoms with Crippen molar-refractivity contribution in [3.05, 3.63) is 35.8 Å². The van der Waals surface area contributed by atoms with Gasteiger partial charge in [0.2, 0.25) is 0 Å². The third-order valence-corrected chi connectivity index (χ3v) is 1.57. The highest BCUT2D eigenvalue weighted by Crippen LogP contribution is 2.06. The number of aromatic nitrogens is 1. The molecule has 0 amide bonds. The quantitative estimate of drug-likeness (QED) is 0.520. The Kier molecular flexibility index (Phi) is 3.20. The maximum atomic E-state index is 11.0. The molecular formula is C10H11NO2. The lowest BCUT2D eigenvalue weighted by Gasteiger charge is -2.00. The molecule has 0 unspecified atom stereocenters. The van der Waals surface area contributed by atoms with Gasteiger partial charge < -0.3 is 4.74 Å². The number of hydrogen-bond donors (Lipinski definition) is 0. The Morgan fingerprint density at radius 3 is 2.54 bits per heavy atom. The normalized spacial score (nSPS) is 11.1. The molecule has 0 radical (unpaired) electrons. The number of ether oxygens (including phenoxy) is 1. The van der Waals surface area contributed by atoms with Crippen LogP contribution in [0.3, 0.4) is 0 Å². The molecule has 1 aromatic rings. The van der Waals surface area contributed by atoms with Crippen molar-refractivity contribution in [3.63, 3.8) is 0 Å². The lowest BCUT2D eigenvalue weighted by Crippen LogP contribution is -1.98. The minimum atomic E-state index is -0.0840. The number of pyridine rings is 1. The zero-order valence-electron chi connectivity index (χ0n) is 7.65. The van der Waals surface area contributed by atoms with Crippen molar-refractivity contribution in [2.24, 2.45) is 0 Å². The Balaban J connectivity index is 2.92. The maximum absolute atomic E-state index is 11.0. The van der Waals surface area contributed by atoms with Gasteiger partial charge in [-0.05, 0) is 23.8 Å². The predicted molar refractivity (Wildman–Crippen MR) is 49.9 cm³/mol. The number of carbonyl (C=O) groups excluding carboxylic acids is 1. The monoisotopic (exact) mass is 177 g/mol. The fraction of sp³-hybridized carbons (Fsp3) is 0.200. The molecule has 0 aromatic carbocycles. The molecule has 13 heavy (non-hydrogen) atoms. The fourth-order valence-electron chi connectivity index (χ4n) is 0.915. The van der Waals surface area contributed by atoms with E-state index in [4.69, 9.17) is 4.74 Å². The van der Waals surface area contributed by atoms with Gasteiger partial charge in [-0.3, -0.25) is 9.78 Å². The Bertz CT molecular complexity index is 317. The highest BCUT2D eigenvalue weighted by atomic mass is 16.5. The molecule has 0 N–H and O–H groups in total. The molecule has 0 fully saturated rings. The molecule has 0 atom stereocenters. The van der Waals surface area contributed by atoms with Crippen molar-refractivity contribution in [2.75, 3.05) is 7.11 Å². The van der Waals surface area contributed by atoms with Crippen LogP contribution >= 0.6 is 0 Å². The molecule has 1 rings (SSSR count). The third kappa shape index (κ3) is 2.71. The van der Waals surface area contributed by atoms with Crippen molar-refractivity contribution in [2.45, 2.75) is 6.92 Å². The second kappa shape index (κ2) is 4.40. The third-order valence-electron chi connectivity index (χ3n) is 1.57. The van der Waals surface area contributed by atoms with Gasteiger partial charge in [-0.25, -0.2) is 0 Å². The van der Waals surface area contributed by atoms with Crippen LogP contribution < -0.4 is 0 Å². The Morgan fingerprint density at radius 2 is 2.08 bits per heavy atom. The molecule has 0 aliphatic heterocycles. The summed E-state index contributed by atoms with van der Waals surface area (Å²) in [6.45, 7) is 1.47. The first-order valence-corrected chi connectivity index (χ1v) is 3.90. The smallest absolute Gasteiger partial charge is 0.194 e. The van der Waals surface area contributed by atoms with Gasteiger partial charge >= 0.3 is 0 Å². The summed E-state index contributed by atoms with van der Waals surface area (Å²) in [7, 11) is 1.48. The highest BCUT2D eigenvalue weighted by Gasteiger charge is 2.01. The number of rotatable bonds is 3. The minimum absolute atomic E-state index is 0.0840. The molecule has 3 nitrogen and oxygen atoms in total. The van der Waals surface area contributed by atoms with E-state index in [9.17, 15) is 4.79 Å². The van der Waals surface area contributed by atoms with Gasteiger partial charge in [-0.15, -0.1) is 0 Å². The molecule has 3 heteroatoms. The molecule has 0 spiro atoms. The Labute approximate surface area is 77.1 Å². The first kappa shape index (κ1) is 9.45. The van der Waals surface area contributed by atoms with Crippen molar-refractivity contribution < 1.29 is 9.53 Å². The van der Waals surface area contributed by atoms with E-state index in [2.05, 4.69) is 4.98 Å². The average Bonchev–Trinajstić information content (AvgIpc) is 2.15. The molecular weight excluding hydrogens is 166 g/mol. The van der Waals surface area contributed by atoms with E-state index in [1.807, 2.05) is 12.1 Å². The van der Waals surface area contributed by atoms with E-state index in [1.54, 1.807) is 18.5 Å². The Hall–Kier alpha value is -1.64. The summed E-state index contributed by atoms with van der Waals surface area (Å²) in [5.41, 5.74) is 0.905. The number of carbonyl (C=O) groups is 1. The summed E-state index contributed by atoms with van der Waals surface area (Å²) >= 11 is 0. The summed E-state index contributed by atoms with van der Waals surface area (Å²) in [5, 5.41) is 0. The highest BCUT2D eigenvalue weighted by molar-refractivity contribution is 5.95. The van der Waals surface area contributed by atoms with E-state index in [1.165, 1.54) is 14.0 Å². The van der Waals surface area contributed by atoms with Crippen LogP contribution in [0, 0.1) is 0 Å². The number of Topliss-reactive ketones (excluding diaryl/α,β-unsaturated/α-hetero) is 1. The molecule has 0 bridgehead atoms. The van der Waals surface area contributed by atoms with Crippen LogP contribution in [0.15, 0.2) is 30.3 Å². The molecule has 68 valence electrons. The number of hydrogen-bond acceptors (Lipinski definition) is 3. The van der Waals surface area contributed by atoms with Crippen LogP contribution in [0.2, 0.25) is 0 Å². The van der Waals surface area contributed by atoms with E-state index in [0.29, 0.717) is 5.76 Å². The van der Waals surface area contributed by atoms with Crippen LogP contribution in [0.25, 0.3) is 6.08 Å². The molecule has 0 aliphatic carbocycles. The van der Waals surface area contributed by atoms with Crippen LogP contribution in [0.1, 0.15) is 12.5 Å². The van der Waals surface area contributed by atoms with Crippen LogP contribution in [-0.4, -0.2) is 17.9 Å². The van der Waals surface area contributed by atoms with Gasteiger partial charge in [0.05, 0.1) is 7.11 Å². The van der Waals surface area contributed by atoms with Gasteiger partial charge in [0.15, 0.2) is 11.5 Å². The molecule has 1 heterocycles.